The van der Waals surface area contributed by atoms with Crippen LogP contribution in [0.25, 0.3) is 0 Å². The van der Waals surface area contributed by atoms with Gasteiger partial charge in [0.2, 0.25) is 0 Å². The predicted octanol–water partition coefficient (Wildman–Crippen LogP) is 3.41. The van der Waals surface area contributed by atoms with Crippen LogP contribution in [0.1, 0.15) is 33.2 Å². The number of nitrogens with one attached hydrogen (secondary N) is 1. The van der Waals surface area contributed by atoms with E-state index in [1.165, 1.54) is 6.07 Å². The first kappa shape index (κ1) is 14.0. The molecule has 0 saturated carbocycles. The molecule has 1 amide bonds. The van der Waals surface area contributed by atoms with E-state index in [1.54, 1.807) is 29.7 Å². The van der Waals surface area contributed by atoms with Crippen molar-refractivity contribution >= 4 is 33.2 Å². The standard InChI is InChI=1S/C13H13BrN2O2S/c1-7-6-15-13(19-7)8(2)16-12(18)9-3-4-10(14)11(17)5-9/h3-6,8,17H,1-2H3,(H,16,18). The SMILES string of the molecule is Cc1cnc(C(C)NC(=O)c2ccc(Br)c(O)c2)s1. The van der Waals surface area contributed by atoms with Gasteiger partial charge in [0, 0.05) is 16.6 Å². The molecule has 0 bridgehead atoms. The van der Waals surface area contributed by atoms with E-state index >= 15 is 0 Å². The van der Waals surface area contributed by atoms with Crippen LogP contribution < -0.4 is 5.32 Å². The molecule has 0 saturated heterocycles. The first-order chi connectivity index (χ1) is 8.97. The molecule has 0 fully saturated rings. The van der Waals surface area contributed by atoms with E-state index in [0.717, 1.165) is 9.88 Å². The highest BCUT2D eigenvalue weighted by molar-refractivity contribution is 9.10. The Bertz CT molecular complexity index is 612. The third kappa shape index (κ3) is 3.33. The van der Waals surface area contributed by atoms with E-state index in [-0.39, 0.29) is 17.7 Å². The van der Waals surface area contributed by atoms with Crippen LogP contribution in [-0.4, -0.2) is 16.0 Å². The van der Waals surface area contributed by atoms with Gasteiger partial charge < -0.3 is 10.4 Å². The number of hydrogen-bond acceptors (Lipinski definition) is 4. The Morgan fingerprint density at radius 1 is 1.53 bits per heavy atom. The summed E-state index contributed by atoms with van der Waals surface area (Å²) in [6.07, 6.45) is 1.79. The molecule has 6 heteroatoms. The average molecular weight is 341 g/mol. The van der Waals surface area contributed by atoms with Crippen LogP contribution in [0.2, 0.25) is 0 Å². The maximum atomic E-state index is 12.0. The van der Waals surface area contributed by atoms with Gasteiger partial charge in [0.15, 0.2) is 0 Å². The Hall–Kier alpha value is -1.40. The average Bonchev–Trinajstić information content (AvgIpc) is 2.79. The number of phenolic OH excluding ortho intramolecular Hbond substituents is 1. The maximum Gasteiger partial charge on any atom is 0.251 e. The van der Waals surface area contributed by atoms with Crippen LogP contribution in [0.3, 0.4) is 0 Å². The minimum absolute atomic E-state index is 0.0467. The lowest BCUT2D eigenvalue weighted by Crippen LogP contribution is -2.26. The second-order valence-electron chi connectivity index (χ2n) is 4.17. The molecule has 0 aliphatic rings. The highest BCUT2D eigenvalue weighted by atomic mass is 79.9. The van der Waals surface area contributed by atoms with Gasteiger partial charge in [0.1, 0.15) is 10.8 Å². The summed E-state index contributed by atoms with van der Waals surface area (Å²) in [5.74, 6) is -0.187. The summed E-state index contributed by atoms with van der Waals surface area (Å²) < 4.78 is 0.563. The number of carbonyl (C=O) groups is 1. The molecule has 1 atom stereocenters. The van der Waals surface area contributed by atoms with Crippen molar-refractivity contribution in [2.75, 3.05) is 0 Å². The van der Waals surface area contributed by atoms with Crippen LogP contribution in [-0.2, 0) is 0 Å². The molecule has 0 spiro atoms. The quantitative estimate of drug-likeness (QED) is 0.899. The van der Waals surface area contributed by atoms with E-state index < -0.39 is 0 Å². The van der Waals surface area contributed by atoms with Crippen LogP contribution in [0, 0.1) is 6.92 Å². The molecule has 1 aromatic carbocycles. The molecule has 1 aromatic heterocycles. The lowest BCUT2D eigenvalue weighted by molar-refractivity contribution is 0.0939. The number of phenols is 1. The van der Waals surface area contributed by atoms with E-state index in [1.807, 2.05) is 13.8 Å². The summed E-state index contributed by atoms with van der Waals surface area (Å²) in [5.41, 5.74) is 0.417. The first-order valence-electron chi connectivity index (χ1n) is 5.69. The Kier molecular flexibility index (Phi) is 4.21. The molecule has 1 unspecified atom stereocenters. The van der Waals surface area contributed by atoms with Crippen molar-refractivity contribution in [3.05, 3.63) is 44.3 Å². The van der Waals surface area contributed by atoms with E-state index in [4.69, 9.17) is 0 Å². The van der Waals surface area contributed by atoms with E-state index in [0.29, 0.717) is 10.0 Å². The molecule has 19 heavy (non-hydrogen) atoms. The van der Waals surface area contributed by atoms with Crippen LogP contribution in [0.4, 0.5) is 0 Å². The summed E-state index contributed by atoms with van der Waals surface area (Å²) >= 11 is 4.73. The van der Waals surface area contributed by atoms with Gasteiger partial charge in [0.05, 0.1) is 10.5 Å². The topological polar surface area (TPSA) is 62.2 Å². The zero-order valence-electron chi connectivity index (χ0n) is 10.5. The Labute approximate surface area is 123 Å². The zero-order chi connectivity index (χ0) is 14.0. The fourth-order valence-electron chi connectivity index (χ4n) is 1.57. The number of nitrogens with zero attached hydrogens (tertiary/aromatic N) is 1. The molecule has 0 radical (unpaired) electrons. The molecule has 100 valence electrons. The van der Waals surface area contributed by atoms with Crippen molar-refractivity contribution in [1.29, 1.82) is 0 Å². The van der Waals surface area contributed by atoms with E-state index in [2.05, 4.69) is 26.2 Å². The second kappa shape index (κ2) is 5.71. The number of halogens is 1. The highest BCUT2D eigenvalue weighted by Gasteiger charge is 2.14. The Balaban J connectivity index is 2.10. The van der Waals surface area contributed by atoms with Crippen molar-refractivity contribution in [2.24, 2.45) is 0 Å². The van der Waals surface area contributed by atoms with Crippen molar-refractivity contribution in [3.63, 3.8) is 0 Å². The molecule has 4 nitrogen and oxygen atoms in total. The van der Waals surface area contributed by atoms with Gasteiger partial charge in [-0.1, -0.05) is 0 Å². The fraction of sp³-hybridized carbons (Fsp3) is 0.231. The van der Waals surface area contributed by atoms with Crippen LogP contribution in [0.5, 0.6) is 5.75 Å². The maximum absolute atomic E-state index is 12.0. The summed E-state index contributed by atoms with van der Waals surface area (Å²) in [7, 11) is 0. The van der Waals surface area contributed by atoms with Crippen molar-refractivity contribution < 1.29 is 9.90 Å². The molecular weight excluding hydrogens is 328 g/mol. The third-order valence-corrected chi connectivity index (χ3v) is 4.33. The number of aromatic hydroxyl groups is 1. The van der Waals surface area contributed by atoms with Crippen molar-refractivity contribution in [1.82, 2.24) is 10.3 Å². The summed E-state index contributed by atoms with van der Waals surface area (Å²) in [6, 6.07) is 4.57. The Morgan fingerprint density at radius 2 is 2.26 bits per heavy atom. The molecule has 2 aromatic rings. The molecule has 2 N–H and O–H groups in total. The number of aromatic nitrogens is 1. The number of carbonyl (C=O) groups excluding carboxylic acids is 1. The third-order valence-electron chi connectivity index (χ3n) is 2.57. The van der Waals surface area contributed by atoms with Gasteiger partial charge in [-0.05, 0) is 48.0 Å². The lowest BCUT2D eigenvalue weighted by atomic mass is 10.2. The number of rotatable bonds is 3. The molecule has 0 aliphatic heterocycles. The van der Waals surface area contributed by atoms with Crippen LogP contribution in [0.15, 0.2) is 28.9 Å². The molecule has 0 aliphatic carbocycles. The summed E-state index contributed by atoms with van der Waals surface area (Å²) in [5, 5.41) is 13.3. The monoisotopic (exact) mass is 340 g/mol. The van der Waals surface area contributed by atoms with E-state index in [9.17, 15) is 9.90 Å². The van der Waals surface area contributed by atoms with Crippen molar-refractivity contribution in [3.8, 4) is 5.75 Å². The number of amides is 1. The minimum Gasteiger partial charge on any atom is -0.507 e. The Morgan fingerprint density at radius 3 is 2.84 bits per heavy atom. The number of benzene rings is 1. The molecular formula is C13H13BrN2O2S. The van der Waals surface area contributed by atoms with Gasteiger partial charge in [-0.2, -0.15) is 0 Å². The number of hydrogen-bond donors (Lipinski definition) is 2. The van der Waals surface area contributed by atoms with Gasteiger partial charge in [0.25, 0.3) is 5.91 Å². The van der Waals surface area contributed by atoms with Crippen LogP contribution >= 0.6 is 27.3 Å². The normalized spacial score (nSPS) is 12.2. The van der Waals surface area contributed by atoms with Gasteiger partial charge in [-0.15, -0.1) is 11.3 Å². The van der Waals surface area contributed by atoms with Gasteiger partial charge >= 0.3 is 0 Å². The molecule has 2 rings (SSSR count). The second-order valence-corrected chi connectivity index (χ2v) is 6.29. The number of thiazole rings is 1. The van der Waals surface area contributed by atoms with Gasteiger partial charge in [-0.3, -0.25) is 4.79 Å². The van der Waals surface area contributed by atoms with Gasteiger partial charge in [-0.25, -0.2) is 4.98 Å². The summed E-state index contributed by atoms with van der Waals surface area (Å²) in [4.78, 5) is 17.4. The zero-order valence-corrected chi connectivity index (χ0v) is 12.9. The smallest absolute Gasteiger partial charge is 0.251 e. The fourth-order valence-corrected chi connectivity index (χ4v) is 2.59. The summed E-state index contributed by atoms with van der Waals surface area (Å²) in [6.45, 7) is 3.86. The minimum atomic E-state index is -0.233. The lowest BCUT2D eigenvalue weighted by Gasteiger charge is -2.11. The highest BCUT2D eigenvalue weighted by Crippen LogP contribution is 2.25. The molecule has 1 heterocycles. The predicted molar refractivity (Wildman–Crippen MR) is 78.5 cm³/mol. The largest absolute Gasteiger partial charge is 0.507 e. The first-order valence-corrected chi connectivity index (χ1v) is 7.30. The van der Waals surface area contributed by atoms with Crippen molar-refractivity contribution in [2.45, 2.75) is 19.9 Å². The number of aryl methyl sites for hydroxylation is 1.